The lowest BCUT2D eigenvalue weighted by atomic mass is 10.1. The smallest absolute Gasteiger partial charge is 0.317 e. The maximum absolute atomic E-state index is 12.5. The lowest BCUT2D eigenvalue weighted by Crippen LogP contribution is -2.47. The second kappa shape index (κ2) is 8.13. The summed E-state index contributed by atoms with van der Waals surface area (Å²) in [5.41, 5.74) is 1.67. The van der Waals surface area contributed by atoms with E-state index in [4.69, 9.17) is 4.74 Å². The summed E-state index contributed by atoms with van der Waals surface area (Å²) in [7, 11) is 0. The van der Waals surface area contributed by atoms with Gasteiger partial charge in [-0.15, -0.1) is 10.2 Å². The van der Waals surface area contributed by atoms with Crippen molar-refractivity contribution in [3.8, 4) is 0 Å². The molecule has 3 aromatic heterocycles. The van der Waals surface area contributed by atoms with Crippen molar-refractivity contribution in [2.75, 3.05) is 13.1 Å². The van der Waals surface area contributed by atoms with Gasteiger partial charge in [0, 0.05) is 25.5 Å². The highest BCUT2D eigenvalue weighted by Gasteiger charge is 2.24. The molecule has 1 N–H and O–H groups in total. The van der Waals surface area contributed by atoms with Gasteiger partial charge in [0.15, 0.2) is 11.5 Å². The molecule has 1 atom stereocenters. The average molecular weight is 366 g/mol. The van der Waals surface area contributed by atoms with Crippen LogP contribution < -0.4 is 5.32 Å². The number of carbonyl (C=O) groups excluding carboxylic acids is 1. The number of carbonyl (C=O) groups is 1. The molecule has 0 saturated carbocycles. The summed E-state index contributed by atoms with van der Waals surface area (Å²) < 4.78 is 7.82. The first-order valence-corrected chi connectivity index (χ1v) is 9.12. The van der Waals surface area contributed by atoms with Gasteiger partial charge in [0.05, 0.1) is 24.9 Å². The van der Waals surface area contributed by atoms with Gasteiger partial charge in [-0.05, 0) is 37.1 Å². The molecule has 1 aliphatic rings. The molecule has 0 aromatic carbocycles. The zero-order valence-electron chi connectivity index (χ0n) is 15.0. The number of fused-ring (bicyclic) bond motifs is 1. The molecular weight excluding hydrogens is 344 g/mol. The van der Waals surface area contributed by atoms with Crippen molar-refractivity contribution >= 4 is 11.7 Å². The number of ether oxygens (including phenoxy) is 1. The minimum atomic E-state index is -0.103. The van der Waals surface area contributed by atoms with E-state index in [1.54, 1.807) is 11.1 Å². The number of hydrogen-bond acceptors (Lipinski definition) is 5. The van der Waals surface area contributed by atoms with Crippen molar-refractivity contribution in [2.45, 2.75) is 32.1 Å². The van der Waals surface area contributed by atoms with Gasteiger partial charge in [-0.3, -0.25) is 9.38 Å². The monoisotopic (exact) mass is 366 g/mol. The van der Waals surface area contributed by atoms with Crippen LogP contribution in [0.2, 0.25) is 0 Å². The van der Waals surface area contributed by atoms with Crippen LogP contribution >= 0.6 is 0 Å². The van der Waals surface area contributed by atoms with E-state index in [1.165, 1.54) is 0 Å². The zero-order chi connectivity index (χ0) is 18.5. The quantitative estimate of drug-likeness (QED) is 0.747. The second-order valence-electron chi connectivity index (χ2n) is 6.55. The Hall–Kier alpha value is -3.00. The summed E-state index contributed by atoms with van der Waals surface area (Å²) in [6.45, 7) is 2.11. The summed E-state index contributed by atoms with van der Waals surface area (Å²) >= 11 is 0. The molecule has 1 fully saturated rings. The maximum atomic E-state index is 12.5. The highest BCUT2D eigenvalue weighted by molar-refractivity contribution is 5.74. The van der Waals surface area contributed by atoms with Crippen LogP contribution in [0.15, 0.2) is 48.8 Å². The largest absolute Gasteiger partial charge is 0.370 e. The molecule has 140 valence electrons. The van der Waals surface area contributed by atoms with Crippen LogP contribution in [0.5, 0.6) is 0 Å². The number of piperidine rings is 1. The van der Waals surface area contributed by atoms with E-state index in [1.807, 2.05) is 47.0 Å². The van der Waals surface area contributed by atoms with Crippen molar-refractivity contribution < 1.29 is 9.53 Å². The van der Waals surface area contributed by atoms with E-state index in [9.17, 15) is 4.79 Å². The highest BCUT2D eigenvalue weighted by Crippen LogP contribution is 2.15. The van der Waals surface area contributed by atoms with E-state index in [0.717, 1.165) is 30.7 Å². The maximum Gasteiger partial charge on any atom is 0.317 e. The molecule has 1 unspecified atom stereocenters. The minimum absolute atomic E-state index is 0.0282. The molecule has 4 heterocycles. The molecular formula is C19H22N6O2. The average Bonchev–Trinajstić information content (AvgIpc) is 3.15. The fourth-order valence-electron chi connectivity index (χ4n) is 3.22. The molecule has 3 aromatic rings. The Bertz CT molecular complexity index is 897. The van der Waals surface area contributed by atoms with Crippen molar-refractivity contribution in [2.24, 2.45) is 0 Å². The van der Waals surface area contributed by atoms with Crippen LogP contribution in [-0.2, 0) is 17.9 Å². The van der Waals surface area contributed by atoms with Gasteiger partial charge in [0.1, 0.15) is 0 Å². The van der Waals surface area contributed by atoms with E-state index in [0.29, 0.717) is 25.5 Å². The third kappa shape index (κ3) is 4.22. The van der Waals surface area contributed by atoms with Crippen LogP contribution in [0, 0.1) is 0 Å². The van der Waals surface area contributed by atoms with Crippen LogP contribution in [-0.4, -0.2) is 49.7 Å². The number of likely N-dealkylation sites (tertiary alicyclic amines) is 1. The minimum Gasteiger partial charge on any atom is -0.370 e. The first-order chi connectivity index (χ1) is 13.3. The first kappa shape index (κ1) is 17.4. The number of amides is 2. The Morgan fingerprint density at radius 1 is 1.22 bits per heavy atom. The van der Waals surface area contributed by atoms with Gasteiger partial charge in [-0.1, -0.05) is 12.1 Å². The molecule has 8 heteroatoms. The third-order valence-electron chi connectivity index (χ3n) is 4.64. The molecule has 4 rings (SSSR count). The van der Waals surface area contributed by atoms with E-state index >= 15 is 0 Å². The van der Waals surface area contributed by atoms with Crippen LogP contribution in [0.25, 0.3) is 5.65 Å². The van der Waals surface area contributed by atoms with Gasteiger partial charge >= 0.3 is 6.03 Å². The predicted molar refractivity (Wildman–Crippen MR) is 98.8 cm³/mol. The predicted octanol–water partition coefficient (Wildman–Crippen LogP) is 2.02. The van der Waals surface area contributed by atoms with E-state index in [-0.39, 0.29) is 12.1 Å². The van der Waals surface area contributed by atoms with Crippen molar-refractivity contribution in [3.63, 3.8) is 0 Å². The number of aromatic nitrogens is 4. The summed E-state index contributed by atoms with van der Waals surface area (Å²) in [5.74, 6) is 0.707. The van der Waals surface area contributed by atoms with Crippen LogP contribution in [0.1, 0.15) is 24.4 Å². The molecule has 27 heavy (non-hydrogen) atoms. The van der Waals surface area contributed by atoms with Crippen molar-refractivity contribution in [1.82, 2.24) is 29.8 Å². The molecule has 0 bridgehead atoms. The molecule has 1 saturated heterocycles. The third-order valence-corrected chi connectivity index (χ3v) is 4.64. The van der Waals surface area contributed by atoms with Crippen LogP contribution in [0.4, 0.5) is 4.79 Å². The number of nitrogens with one attached hydrogen (secondary N) is 1. The Balaban J connectivity index is 1.29. The number of pyridine rings is 2. The zero-order valence-corrected chi connectivity index (χ0v) is 15.0. The molecule has 0 radical (unpaired) electrons. The van der Waals surface area contributed by atoms with Crippen molar-refractivity contribution in [1.29, 1.82) is 0 Å². The fraction of sp³-hybridized carbons (Fsp3) is 0.368. The SMILES string of the molecule is O=C(NCc1nnc2ccccn12)N1CCCC(OCc2ccccn2)C1. The molecule has 2 amide bonds. The summed E-state index contributed by atoms with van der Waals surface area (Å²) in [6.07, 6.45) is 5.55. The fourth-order valence-corrected chi connectivity index (χ4v) is 3.22. The van der Waals surface area contributed by atoms with E-state index < -0.39 is 0 Å². The van der Waals surface area contributed by atoms with Gasteiger partial charge in [-0.25, -0.2) is 4.79 Å². The number of urea groups is 1. The van der Waals surface area contributed by atoms with E-state index in [2.05, 4.69) is 20.5 Å². The Morgan fingerprint density at radius 2 is 2.15 bits per heavy atom. The molecule has 1 aliphatic heterocycles. The lowest BCUT2D eigenvalue weighted by Gasteiger charge is -2.32. The Kier molecular flexibility index (Phi) is 5.24. The second-order valence-corrected chi connectivity index (χ2v) is 6.55. The van der Waals surface area contributed by atoms with Crippen LogP contribution in [0.3, 0.4) is 0 Å². The Morgan fingerprint density at radius 3 is 3.04 bits per heavy atom. The summed E-state index contributed by atoms with van der Waals surface area (Å²) in [5, 5.41) is 11.2. The Labute approximate surface area is 157 Å². The van der Waals surface area contributed by atoms with Crippen molar-refractivity contribution in [3.05, 3.63) is 60.3 Å². The summed E-state index contributed by atoms with van der Waals surface area (Å²) in [4.78, 5) is 18.6. The lowest BCUT2D eigenvalue weighted by molar-refractivity contribution is -0.00169. The number of hydrogen-bond donors (Lipinski definition) is 1. The number of rotatable bonds is 5. The summed E-state index contributed by atoms with van der Waals surface area (Å²) in [6, 6.07) is 11.4. The standard InChI is InChI=1S/C19H22N6O2/c26-19(21-12-18-23-22-17-8-2-4-11-25(17)18)24-10-5-7-16(13-24)27-14-15-6-1-3-9-20-15/h1-4,6,8-9,11,16H,5,7,10,12-14H2,(H,21,26). The molecule has 8 nitrogen and oxygen atoms in total. The van der Waals surface area contributed by atoms with Gasteiger partial charge < -0.3 is 15.0 Å². The van der Waals surface area contributed by atoms with Gasteiger partial charge in [0.25, 0.3) is 0 Å². The molecule has 0 spiro atoms. The highest BCUT2D eigenvalue weighted by atomic mass is 16.5. The normalized spacial score (nSPS) is 17.2. The first-order valence-electron chi connectivity index (χ1n) is 9.12. The topological polar surface area (TPSA) is 84.7 Å². The number of nitrogens with zero attached hydrogens (tertiary/aromatic N) is 5. The van der Waals surface area contributed by atoms with Gasteiger partial charge in [0.2, 0.25) is 0 Å². The molecule has 0 aliphatic carbocycles. The van der Waals surface area contributed by atoms with Gasteiger partial charge in [-0.2, -0.15) is 0 Å².